The highest BCUT2D eigenvalue weighted by atomic mass is 16.5. The summed E-state index contributed by atoms with van der Waals surface area (Å²) < 4.78 is 4.99. The first kappa shape index (κ1) is 11.2. The van der Waals surface area contributed by atoms with Crippen LogP contribution in [-0.4, -0.2) is 12.1 Å². The van der Waals surface area contributed by atoms with Crippen LogP contribution in [0.1, 0.15) is 39.5 Å². The Morgan fingerprint density at radius 2 is 2.25 bits per heavy atom. The number of hydrogen-bond donors (Lipinski definition) is 0. The zero-order valence-electron chi connectivity index (χ0n) is 8.01. The molecule has 0 radical (unpaired) electrons. The van der Waals surface area contributed by atoms with Gasteiger partial charge in [0, 0.05) is 6.92 Å². The standard InChI is InChI=1S/C10H18O2/c1-4-6-7-8-10(5-2)12-9(3)11/h5,10H,2,4,6-8H2,1,3H3. The van der Waals surface area contributed by atoms with Crippen molar-refractivity contribution in [2.75, 3.05) is 0 Å². The molecule has 0 spiro atoms. The van der Waals surface area contributed by atoms with Crippen molar-refractivity contribution in [2.45, 2.75) is 45.6 Å². The van der Waals surface area contributed by atoms with Crippen molar-refractivity contribution in [2.24, 2.45) is 0 Å². The fourth-order valence-electron chi connectivity index (χ4n) is 1.03. The Kier molecular flexibility index (Phi) is 6.44. The number of ether oxygens (including phenoxy) is 1. The Morgan fingerprint density at radius 3 is 2.67 bits per heavy atom. The van der Waals surface area contributed by atoms with Crippen LogP contribution in [0.25, 0.3) is 0 Å². The van der Waals surface area contributed by atoms with Gasteiger partial charge in [-0.25, -0.2) is 0 Å². The van der Waals surface area contributed by atoms with Gasteiger partial charge in [0.1, 0.15) is 6.10 Å². The maximum absolute atomic E-state index is 10.6. The summed E-state index contributed by atoms with van der Waals surface area (Å²) in [5.74, 6) is -0.226. The van der Waals surface area contributed by atoms with Gasteiger partial charge in [-0.15, -0.1) is 0 Å². The molecule has 0 fully saturated rings. The SMILES string of the molecule is C=CC(CCCCC)OC(C)=O. The van der Waals surface area contributed by atoms with Crippen molar-refractivity contribution < 1.29 is 9.53 Å². The Labute approximate surface area is 74.6 Å². The van der Waals surface area contributed by atoms with Crippen LogP contribution in [0.4, 0.5) is 0 Å². The van der Waals surface area contributed by atoms with Crippen molar-refractivity contribution in [3.05, 3.63) is 12.7 Å². The van der Waals surface area contributed by atoms with E-state index in [1.807, 2.05) is 0 Å². The smallest absolute Gasteiger partial charge is 0.303 e. The molecule has 70 valence electrons. The van der Waals surface area contributed by atoms with Crippen LogP contribution < -0.4 is 0 Å². The summed E-state index contributed by atoms with van der Waals surface area (Å²) in [5, 5.41) is 0. The third-order valence-electron chi connectivity index (χ3n) is 1.67. The highest BCUT2D eigenvalue weighted by molar-refractivity contribution is 5.66. The average molecular weight is 170 g/mol. The summed E-state index contributed by atoms with van der Waals surface area (Å²) in [6, 6.07) is 0. The normalized spacial score (nSPS) is 12.2. The first-order valence-corrected chi connectivity index (χ1v) is 4.50. The fraction of sp³-hybridized carbons (Fsp3) is 0.700. The molecule has 0 rings (SSSR count). The lowest BCUT2D eigenvalue weighted by Gasteiger charge is -2.11. The molecule has 0 saturated heterocycles. The third kappa shape index (κ3) is 5.96. The zero-order valence-corrected chi connectivity index (χ0v) is 8.01. The topological polar surface area (TPSA) is 26.3 Å². The number of carbonyl (C=O) groups is 1. The lowest BCUT2D eigenvalue weighted by molar-refractivity contribution is -0.144. The molecule has 0 aromatic carbocycles. The monoisotopic (exact) mass is 170 g/mol. The van der Waals surface area contributed by atoms with Gasteiger partial charge < -0.3 is 4.74 Å². The van der Waals surface area contributed by atoms with E-state index in [-0.39, 0.29) is 12.1 Å². The molecule has 2 heteroatoms. The Morgan fingerprint density at radius 1 is 1.58 bits per heavy atom. The molecule has 2 nitrogen and oxygen atoms in total. The Hall–Kier alpha value is -0.790. The second-order valence-electron chi connectivity index (χ2n) is 2.88. The van der Waals surface area contributed by atoms with Gasteiger partial charge >= 0.3 is 5.97 Å². The van der Waals surface area contributed by atoms with Gasteiger partial charge in [0.05, 0.1) is 0 Å². The number of carbonyl (C=O) groups excluding carboxylic acids is 1. The highest BCUT2D eigenvalue weighted by Gasteiger charge is 2.05. The molecule has 0 N–H and O–H groups in total. The van der Waals surface area contributed by atoms with Crippen LogP contribution >= 0.6 is 0 Å². The van der Waals surface area contributed by atoms with E-state index < -0.39 is 0 Å². The van der Waals surface area contributed by atoms with Crippen LogP contribution in [-0.2, 0) is 9.53 Å². The minimum atomic E-state index is -0.226. The lowest BCUT2D eigenvalue weighted by atomic mass is 10.1. The van der Waals surface area contributed by atoms with Gasteiger partial charge in [-0.3, -0.25) is 4.79 Å². The van der Waals surface area contributed by atoms with E-state index in [2.05, 4.69) is 13.5 Å². The van der Waals surface area contributed by atoms with E-state index in [1.165, 1.54) is 19.8 Å². The van der Waals surface area contributed by atoms with E-state index in [0.29, 0.717) is 0 Å². The van der Waals surface area contributed by atoms with Crippen LogP contribution in [0.2, 0.25) is 0 Å². The molecule has 12 heavy (non-hydrogen) atoms. The molecule has 0 heterocycles. The van der Waals surface area contributed by atoms with E-state index in [0.717, 1.165) is 12.8 Å². The molecule has 0 aliphatic heterocycles. The summed E-state index contributed by atoms with van der Waals surface area (Å²) in [6.07, 6.45) is 5.97. The molecule has 0 amide bonds. The second kappa shape index (κ2) is 6.89. The van der Waals surface area contributed by atoms with Crippen LogP contribution in [0.3, 0.4) is 0 Å². The second-order valence-corrected chi connectivity index (χ2v) is 2.88. The third-order valence-corrected chi connectivity index (χ3v) is 1.67. The van der Waals surface area contributed by atoms with Gasteiger partial charge in [-0.2, -0.15) is 0 Å². The molecular weight excluding hydrogens is 152 g/mol. The highest BCUT2D eigenvalue weighted by Crippen LogP contribution is 2.07. The van der Waals surface area contributed by atoms with E-state index in [9.17, 15) is 4.79 Å². The first-order chi connectivity index (χ1) is 5.70. The van der Waals surface area contributed by atoms with E-state index in [4.69, 9.17) is 4.74 Å². The fourth-order valence-corrected chi connectivity index (χ4v) is 1.03. The van der Waals surface area contributed by atoms with Crippen molar-refractivity contribution in [3.63, 3.8) is 0 Å². The minimum absolute atomic E-state index is 0.0888. The Balaban J connectivity index is 3.53. The van der Waals surface area contributed by atoms with Crippen molar-refractivity contribution in [1.82, 2.24) is 0 Å². The lowest BCUT2D eigenvalue weighted by Crippen LogP contribution is -2.12. The van der Waals surface area contributed by atoms with Crippen molar-refractivity contribution in [1.29, 1.82) is 0 Å². The summed E-state index contributed by atoms with van der Waals surface area (Å²) >= 11 is 0. The van der Waals surface area contributed by atoms with E-state index >= 15 is 0 Å². The molecule has 0 aromatic heterocycles. The molecule has 0 aliphatic carbocycles. The summed E-state index contributed by atoms with van der Waals surface area (Å²) in [6.45, 7) is 7.19. The van der Waals surface area contributed by atoms with Gasteiger partial charge in [0.2, 0.25) is 0 Å². The zero-order chi connectivity index (χ0) is 9.40. The molecule has 1 atom stereocenters. The van der Waals surface area contributed by atoms with Crippen LogP contribution in [0, 0.1) is 0 Å². The quantitative estimate of drug-likeness (QED) is 0.348. The predicted molar refractivity (Wildman–Crippen MR) is 49.9 cm³/mol. The van der Waals surface area contributed by atoms with E-state index in [1.54, 1.807) is 6.08 Å². The average Bonchev–Trinajstić information content (AvgIpc) is 2.02. The number of rotatable bonds is 6. The molecule has 0 saturated carbocycles. The summed E-state index contributed by atoms with van der Waals surface area (Å²) in [7, 11) is 0. The number of unbranched alkanes of at least 4 members (excludes halogenated alkanes) is 2. The van der Waals surface area contributed by atoms with Crippen LogP contribution in [0.5, 0.6) is 0 Å². The van der Waals surface area contributed by atoms with Gasteiger partial charge in [0.25, 0.3) is 0 Å². The summed E-state index contributed by atoms with van der Waals surface area (Å²) in [5.41, 5.74) is 0. The predicted octanol–water partition coefficient (Wildman–Crippen LogP) is 2.68. The number of hydrogen-bond acceptors (Lipinski definition) is 2. The summed E-state index contributed by atoms with van der Waals surface area (Å²) in [4.78, 5) is 10.6. The van der Waals surface area contributed by atoms with Gasteiger partial charge in [-0.1, -0.05) is 32.4 Å². The minimum Gasteiger partial charge on any atom is -0.458 e. The van der Waals surface area contributed by atoms with Crippen LogP contribution in [0.15, 0.2) is 12.7 Å². The number of esters is 1. The van der Waals surface area contributed by atoms with Gasteiger partial charge in [-0.05, 0) is 12.8 Å². The van der Waals surface area contributed by atoms with Gasteiger partial charge in [0.15, 0.2) is 0 Å². The maximum Gasteiger partial charge on any atom is 0.303 e. The largest absolute Gasteiger partial charge is 0.458 e. The molecular formula is C10H18O2. The van der Waals surface area contributed by atoms with Crippen molar-refractivity contribution >= 4 is 5.97 Å². The maximum atomic E-state index is 10.6. The first-order valence-electron chi connectivity index (χ1n) is 4.50. The molecule has 0 bridgehead atoms. The Bertz CT molecular complexity index is 141. The molecule has 0 aromatic rings. The molecule has 1 unspecified atom stereocenters. The molecule has 0 aliphatic rings. The van der Waals surface area contributed by atoms with Crippen molar-refractivity contribution in [3.8, 4) is 0 Å².